The molecule has 2 amide bonds. The normalized spacial score (nSPS) is 13.9. The van der Waals surface area contributed by atoms with E-state index in [0.717, 1.165) is 42.1 Å². The number of fused-ring (bicyclic) bond motifs is 1. The van der Waals surface area contributed by atoms with Gasteiger partial charge in [0, 0.05) is 24.4 Å². The van der Waals surface area contributed by atoms with Gasteiger partial charge in [0.1, 0.15) is 5.00 Å². The molecule has 1 aliphatic heterocycles. The van der Waals surface area contributed by atoms with Gasteiger partial charge >= 0.3 is 0 Å². The summed E-state index contributed by atoms with van der Waals surface area (Å²) in [5, 5.41) is 3.14. The van der Waals surface area contributed by atoms with E-state index < -0.39 is 21.7 Å². The van der Waals surface area contributed by atoms with Gasteiger partial charge < -0.3 is 11.1 Å². The fourth-order valence-corrected chi connectivity index (χ4v) is 6.14. The largest absolute Gasteiger partial charge is 0.365 e. The van der Waals surface area contributed by atoms with Crippen LogP contribution < -0.4 is 11.1 Å². The smallest absolute Gasteiger partial charge is 0.251 e. The molecule has 0 aliphatic carbocycles. The molecule has 1 aromatic heterocycles. The molecule has 1 aliphatic rings. The quantitative estimate of drug-likeness (QED) is 0.596. The number of sulfone groups is 1. The highest BCUT2D eigenvalue weighted by Crippen LogP contribution is 2.37. The Bertz CT molecular complexity index is 1050. The van der Waals surface area contributed by atoms with E-state index in [9.17, 15) is 18.0 Å². The number of hydrogen-bond donors (Lipinski definition) is 2. The Morgan fingerprint density at radius 3 is 2.52 bits per heavy atom. The second-order valence-electron chi connectivity index (χ2n) is 7.53. The molecule has 2 heterocycles. The SMILES string of the molecule is CCCN1CCc2c(sc(NC(=O)CCS(=O)(=O)c3ccc(C)cc3)c2C(N)=O)C1.Cl. The summed E-state index contributed by atoms with van der Waals surface area (Å²) in [5.41, 5.74) is 7.82. The van der Waals surface area contributed by atoms with E-state index in [1.165, 1.54) is 11.3 Å². The number of amides is 2. The van der Waals surface area contributed by atoms with Crippen LogP contribution in [0.4, 0.5) is 5.00 Å². The molecule has 3 N–H and O–H groups in total. The average molecular weight is 486 g/mol. The number of nitrogens with one attached hydrogen (secondary N) is 1. The van der Waals surface area contributed by atoms with E-state index in [2.05, 4.69) is 17.1 Å². The summed E-state index contributed by atoms with van der Waals surface area (Å²) in [6.45, 7) is 6.55. The molecule has 31 heavy (non-hydrogen) atoms. The van der Waals surface area contributed by atoms with Crippen LogP contribution in [0.2, 0.25) is 0 Å². The lowest BCUT2D eigenvalue weighted by Crippen LogP contribution is -2.31. The molecule has 10 heteroatoms. The van der Waals surface area contributed by atoms with Crippen molar-refractivity contribution in [1.29, 1.82) is 0 Å². The first-order valence-electron chi connectivity index (χ1n) is 9.97. The zero-order chi connectivity index (χ0) is 21.9. The number of hydrogen-bond acceptors (Lipinski definition) is 6. The van der Waals surface area contributed by atoms with Crippen molar-refractivity contribution in [2.24, 2.45) is 5.73 Å². The molecule has 1 aromatic carbocycles. The number of thiophene rings is 1. The van der Waals surface area contributed by atoms with Crippen LogP contribution in [0.3, 0.4) is 0 Å². The Labute approximate surface area is 193 Å². The van der Waals surface area contributed by atoms with E-state index in [4.69, 9.17) is 5.73 Å². The van der Waals surface area contributed by atoms with Crippen molar-refractivity contribution in [1.82, 2.24) is 4.90 Å². The van der Waals surface area contributed by atoms with E-state index in [-0.39, 0.29) is 29.5 Å². The van der Waals surface area contributed by atoms with Gasteiger partial charge in [0.15, 0.2) is 9.84 Å². The van der Waals surface area contributed by atoms with Gasteiger partial charge in [0.2, 0.25) is 5.91 Å². The number of benzene rings is 1. The molecule has 0 fully saturated rings. The third kappa shape index (κ3) is 6.06. The molecule has 0 atom stereocenters. The minimum atomic E-state index is -3.56. The number of nitrogens with two attached hydrogens (primary N) is 1. The summed E-state index contributed by atoms with van der Waals surface area (Å²) >= 11 is 1.36. The Morgan fingerprint density at radius 2 is 1.90 bits per heavy atom. The number of anilines is 1. The van der Waals surface area contributed by atoms with Crippen LogP contribution in [-0.2, 0) is 27.6 Å². The second kappa shape index (κ2) is 10.6. The molecule has 0 saturated heterocycles. The minimum absolute atomic E-state index is 0. The van der Waals surface area contributed by atoms with Crippen molar-refractivity contribution < 1.29 is 18.0 Å². The van der Waals surface area contributed by atoms with Crippen LogP contribution in [0, 0.1) is 6.92 Å². The number of nitrogens with zero attached hydrogens (tertiary/aromatic N) is 1. The fourth-order valence-electron chi connectivity index (χ4n) is 3.59. The Balaban J connectivity index is 0.00000341. The molecule has 0 saturated carbocycles. The van der Waals surface area contributed by atoms with E-state index in [1.54, 1.807) is 24.3 Å². The van der Waals surface area contributed by atoms with Gasteiger partial charge in [-0.1, -0.05) is 24.6 Å². The van der Waals surface area contributed by atoms with E-state index in [1.807, 2.05) is 6.92 Å². The highest BCUT2D eigenvalue weighted by atomic mass is 35.5. The number of primary amides is 1. The molecule has 0 bridgehead atoms. The predicted molar refractivity (Wildman–Crippen MR) is 126 cm³/mol. The molecule has 0 unspecified atom stereocenters. The van der Waals surface area contributed by atoms with Crippen molar-refractivity contribution in [3.8, 4) is 0 Å². The van der Waals surface area contributed by atoms with Gasteiger partial charge in [-0.25, -0.2) is 8.42 Å². The first kappa shape index (κ1) is 25.3. The van der Waals surface area contributed by atoms with Crippen molar-refractivity contribution in [2.45, 2.75) is 44.6 Å². The van der Waals surface area contributed by atoms with Crippen molar-refractivity contribution >= 4 is 50.4 Å². The Morgan fingerprint density at radius 1 is 1.23 bits per heavy atom. The van der Waals surface area contributed by atoms with E-state index >= 15 is 0 Å². The maximum atomic E-state index is 12.5. The number of aryl methyl sites for hydroxylation is 1. The lowest BCUT2D eigenvalue weighted by Gasteiger charge is -2.26. The lowest BCUT2D eigenvalue weighted by atomic mass is 10.0. The molecule has 3 rings (SSSR count). The highest BCUT2D eigenvalue weighted by Gasteiger charge is 2.27. The molecular formula is C21H28ClN3O4S2. The van der Waals surface area contributed by atoms with Gasteiger partial charge in [-0.2, -0.15) is 0 Å². The van der Waals surface area contributed by atoms with Crippen molar-refractivity contribution in [3.05, 3.63) is 45.8 Å². The summed E-state index contributed by atoms with van der Waals surface area (Å²) in [6, 6.07) is 6.54. The van der Waals surface area contributed by atoms with Crippen LogP contribution in [0.5, 0.6) is 0 Å². The first-order chi connectivity index (χ1) is 14.2. The average Bonchev–Trinajstić information content (AvgIpc) is 3.04. The molecule has 0 spiro atoms. The Kier molecular flexibility index (Phi) is 8.65. The molecule has 0 radical (unpaired) electrons. The lowest BCUT2D eigenvalue weighted by molar-refractivity contribution is -0.115. The maximum Gasteiger partial charge on any atom is 0.251 e. The van der Waals surface area contributed by atoms with Gasteiger partial charge in [0.25, 0.3) is 5.91 Å². The van der Waals surface area contributed by atoms with Crippen LogP contribution >= 0.6 is 23.7 Å². The van der Waals surface area contributed by atoms with Crippen LogP contribution in [0.15, 0.2) is 29.2 Å². The molecular weight excluding hydrogens is 458 g/mol. The van der Waals surface area contributed by atoms with Gasteiger partial charge in [0.05, 0.1) is 16.2 Å². The Hall–Kier alpha value is -1.94. The second-order valence-corrected chi connectivity index (χ2v) is 10.7. The summed E-state index contributed by atoms with van der Waals surface area (Å²) in [4.78, 5) is 28.0. The molecule has 7 nitrogen and oxygen atoms in total. The first-order valence-corrected chi connectivity index (χ1v) is 12.4. The standard InChI is InChI=1S/C21H27N3O4S2.ClH/c1-3-10-24-11-8-16-17(13-24)29-21(19(16)20(22)26)23-18(25)9-12-30(27,28)15-6-4-14(2)5-7-15;/h4-7H,3,8-13H2,1-2H3,(H2,22,26)(H,23,25);1H. The summed E-state index contributed by atoms with van der Waals surface area (Å²) < 4.78 is 25.0. The third-order valence-corrected chi connectivity index (χ3v) is 8.02. The zero-order valence-corrected chi connectivity index (χ0v) is 20.1. The number of carbonyl (C=O) groups excluding carboxylic acids is 2. The fraction of sp³-hybridized carbons (Fsp3) is 0.429. The van der Waals surface area contributed by atoms with Gasteiger partial charge in [-0.3, -0.25) is 14.5 Å². The maximum absolute atomic E-state index is 12.5. The van der Waals surface area contributed by atoms with Gasteiger partial charge in [-0.15, -0.1) is 23.7 Å². The summed E-state index contributed by atoms with van der Waals surface area (Å²) in [6.07, 6.45) is 1.56. The molecule has 170 valence electrons. The monoisotopic (exact) mass is 485 g/mol. The van der Waals surface area contributed by atoms with Crippen LogP contribution in [0.25, 0.3) is 0 Å². The third-order valence-electron chi connectivity index (χ3n) is 5.15. The van der Waals surface area contributed by atoms with Crippen molar-refractivity contribution in [2.75, 3.05) is 24.2 Å². The minimum Gasteiger partial charge on any atom is -0.365 e. The molecule has 2 aromatic rings. The summed E-state index contributed by atoms with van der Waals surface area (Å²) in [5.74, 6) is -1.32. The van der Waals surface area contributed by atoms with Crippen molar-refractivity contribution in [3.63, 3.8) is 0 Å². The zero-order valence-electron chi connectivity index (χ0n) is 17.6. The number of carbonyl (C=O) groups is 2. The van der Waals surface area contributed by atoms with Gasteiger partial charge in [-0.05, 0) is 44.0 Å². The topological polar surface area (TPSA) is 110 Å². The van der Waals surface area contributed by atoms with Crippen LogP contribution in [0.1, 0.15) is 46.1 Å². The predicted octanol–water partition coefficient (Wildman–Crippen LogP) is 3.15. The summed E-state index contributed by atoms with van der Waals surface area (Å²) in [7, 11) is -3.56. The van der Waals surface area contributed by atoms with Crippen LogP contribution in [-0.4, -0.2) is 44.0 Å². The number of halogens is 1. The highest BCUT2D eigenvalue weighted by molar-refractivity contribution is 7.91. The van der Waals surface area contributed by atoms with E-state index in [0.29, 0.717) is 17.0 Å². The number of rotatable bonds is 8.